The minimum Gasteiger partial charge on any atom is -0.349 e. The molecule has 1 heterocycles. The van der Waals surface area contributed by atoms with Gasteiger partial charge < -0.3 is 5.32 Å². The third-order valence-corrected chi connectivity index (χ3v) is 2.10. The molecule has 0 fully saturated rings. The van der Waals surface area contributed by atoms with Gasteiger partial charge >= 0.3 is 0 Å². The van der Waals surface area contributed by atoms with Gasteiger partial charge in [0.15, 0.2) is 0 Å². The maximum atomic E-state index is 11.5. The SMILES string of the molecule is C#CCCCCNC(=O)c1n[nH]c(CC)n1. The molecule has 0 saturated heterocycles. The molecule has 0 saturated carbocycles. The Morgan fingerprint density at radius 2 is 2.38 bits per heavy atom. The summed E-state index contributed by atoms with van der Waals surface area (Å²) in [6.45, 7) is 2.55. The summed E-state index contributed by atoms with van der Waals surface area (Å²) in [7, 11) is 0. The highest BCUT2D eigenvalue weighted by Crippen LogP contribution is 1.95. The van der Waals surface area contributed by atoms with Crippen molar-refractivity contribution < 1.29 is 4.79 Å². The van der Waals surface area contributed by atoms with E-state index in [9.17, 15) is 4.79 Å². The van der Waals surface area contributed by atoms with Gasteiger partial charge in [0.05, 0.1) is 0 Å². The summed E-state index contributed by atoms with van der Waals surface area (Å²) in [6.07, 6.45) is 8.40. The number of nitrogens with one attached hydrogen (secondary N) is 2. The number of aromatic nitrogens is 3. The Hall–Kier alpha value is -1.83. The van der Waals surface area contributed by atoms with Gasteiger partial charge in [0, 0.05) is 19.4 Å². The first-order valence-corrected chi connectivity index (χ1v) is 5.40. The molecule has 0 aliphatic heterocycles. The number of carbonyl (C=O) groups excluding carboxylic acids is 1. The predicted octanol–water partition coefficient (Wildman–Crippen LogP) is 0.900. The van der Waals surface area contributed by atoms with Gasteiger partial charge in [-0.2, -0.15) is 0 Å². The average molecular weight is 220 g/mol. The van der Waals surface area contributed by atoms with E-state index in [1.807, 2.05) is 6.92 Å². The summed E-state index contributed by atoms with van der Waals surface area (Å²) in [5, 5.41) is 9.26. The number of unbranched alkanes of at least 4 members (excludes halogenated alkanes) is 2. The fourth-order valence-corrected chi connectivity index (χ4v) is 1.19. The topological polar surface area (TPSA) is 70.7 Å². The molecule has 86 valence electrons. The quantitative estimate of drug-likeness (QED) is 0.552. The summed E-state index contributed by atoms with van der Waals surface area (Å²) >= 11 is 0. The number of terminal acetylenes is 1. The first kappa shape index (κ1) is 12.2. The fourth-order valence-electron chi connectivity index (χ4n) is 1.19. The van der Waals surface area contributed by atoms with Crippen LogP contribution in [0, 0.1) is 12.3 Å². The van der Waals surface area contributed by atoms with E-state index in [4.69, 9.17) is 6.42 Å². The van der Waals surface area contributed by atoms with E-state index in [1.165, 1.54) is 0 Å². The predicted molar refractivity (Wildman–Crippen MR) is 60.8 cm³/mol. The first-order chi connectivity index (χ1) is 7.77. The molecule has 2 N–H and O–H groups in total. The van der Waals surface area contributed by atoms with E-state index in [0.717, 1.165) is 31.5 Å². The number of hydrogen-bond acceptors (Lipinski definition) is 3. The maximum Gasteiger partial charge on any atom is 0.290 e. The molecule has 0 unspecified atom stereocenters. The van der Waals surface area contributed by atoms with Crippen LogP contribution in [0.25, 0.3) is 0 Å². The molecule has 0 aliphatic carbocycles. The summed E-state index contributed by atoms with van der Waals surface area (Å²) in [4.78, 5) is 15.5. The highest BCUT2D eigenvalue weighted by molar-refractivity contribution is 5.90. The molecular weight excluding hydrogens is 204 g/mol. The molecule has 16 heavy (non-hydrogen) atoms. The van der Waals surface area contributed by atoms with Gasteiger partial charge in [0.2, 0.25) is 5.82 Å². The van der Waals surface area contributed by atoms with Gasteiger partial charge in [0.1, 0.15) is 5.82 Å². The molecule has 1 amide bonds. The molecule has 5 nitrogen and oxygen atoms in total. The van der Waals surface area contributed by atoms with Crippen LogP contribution in [0.3, 0.4) is 0 Å². The lowest BCUT2D eigenvalue weighted by molar-refractivity contribution is 0.0943. The minimum atomic E-state index is -0.239. The van der Waals surface area contributed by atoms with Gasteiger partial charge in [-0.3, -0.25) is 9.89 Å². The fraction of sp³-hybridized carbons (Fsp3) is 0.545. The summed E-state index contributed by atoms with van der Waals surface area (Å²) in [5.41, 5.74) is 0. The van der Waals surface area contributed by atoms with Crippen LogP contribution < -0.4 is 5.32 Å². The summed E-state index contributed by atoms with van der Waals surface area (Å²) < 4.78 is 0. The van der Waals surface area contributed by atoms with Crippen molar-refractivity contribution in [3.8, 4) is 12.3 Å². The molecule has 0 radical (unpaired) electrons. The number of rotatable bonds is 6. The molecule has 0 aromatic carbocycles. The monoisotopic (exact) mass is 220 g/mol. The van der Waals surface area contributed by atoms with E-state index < -0.39 is 0 Å². The van der Waals surface area contributed by atoms with Crippen molar-refractivity contribution in [2.24, 2.45) is 0 Å². The van der Waals surface area contributed by atoms with Crippen molar-refractivity contribution in [2.45, 2.75) is 32.6 Å². The molecule has 0 bridgehead atoms. The molecule has 0 atom stereocenters. The van der Waals surface area contributed by atoms with Crippen LogP contribution >= 0.6 is 0 Å². The smallest absolute Gasteiger partial charge is 0.290 e. The van der Waals surface area contributed by atoms with Gasteiger partial charge in [-0.15, -0.1) is 17.4 Å². The van der Waals surface area contributed by atoms with Crippen LogP contribution in [0.2, 0.25) is 0 Å². The van der Waals surface area contributed by atoms with Gasteiger partial charge in [-0.05, 0) is 12.8 Å². The van der Waals surface area contributed by atoms with Crippen LogP contribution in [0.15, 0.2) is 0 Å². The average Bonchev–Trinajstić information content (AvgIpc) is 2.77. The number of carbonyl (C=O) groups is 1. The molecule has 0 spiro atoms. The molecule has 1 aromatic rings. The van der Waals surface area contributed by atoms with Crippen LogP contribution in [0.5, 0.6) is 0 Å². The Morgan fingerprint density at radius 3 is 3.00 bits per heavy atom. The zero-order valence-corrected chi connectivity index (χ0v) is 9.42. The van der Waals surface area contributed by atoms with Crippen LogP contribution in [-0.2, 0) is 6.42 Å². The highest BCUT2D eigenvalue weighted by atomic mass is 16.2. The lowest BCUT2D eigenvalue weighted by atomic mass is 10.2. The van der Waals surface area contributed by atoms with Crippen molar-refractivity contribution in [1.82, 2.24) is 20.5 Å². The number of hydrogen-bond donors (Lipinski definition) is 2. The number of nitrogens with zero attached hydrogens (tertiary/aromatic N) is 2. The largest absolute Gasteiger partial charge is 0.349 e. The minimum absolute atomic E-state index is 0.203. The molecule has 0 aliphatic rings. The second-order valence-corrected chi connectivity index (χ2v) is 3.38. The summed E-state index contributed by atoms with van der Waals surface area (Å²) in [6, 6.07) is 0. The van der Waals surface area contributed by atoms with Crippen molar-refractivity contribution in [2.75, 3.05) is 6.54 Å². The molecule has 1 aromatic heterocycles. The zero-order chi connectivity index (χ0) is 11.8. The van der Waals surface area contributed by atoms with Crippen molar-refractivity contribution in [3.63, 3.8) is 0 Å². The Labute approximate surface area is 95.0 Å². The van der Waals surface area contributed by atoms with E-state index in [1.54, 1.807) is 0 Å². The lowest BCUT2D eigenvalue weighted by Crippen LogP contribution is -2.25. The highest BCUT2D eigenvalue weighted by Gasteiger charge is 2.10. The number of H-pyrrole nitrogens is 1. The van der Waals surface area contributed by atoms with E-state index in [0.29, 0.717) is 6.54 Å². The van der Waals surface area contributed by atoms with Gasteiger partial charge in [-0.25, -0.2) is 4.98 Å². The number of aryl methyl sites for hydroxylation is 1. The van der Waals surface area contributed by atoms with Gasteiger partial charge in [0.25, 0.3) is 5.91 Å². The summed E-state index contributed by atoms with van der Waals surface area (Å²) in [5.74, 6) is 3.24. The molecule has 5 heteroatoms. The van der Waals surface area contributed by atoms with Crippen molar-refractivity contribution in [1.29, 1.82) is 0 Å². The second-order valence-electron chi connectivity index (χ2n) is 3.38. The first-order valence-electron chi connectivity index (χ1n) is 5.40. The Morgan fingerprint density at radius 1 is 1.56 bits per heavy atom. The third-order valence-electron chi connectivity index (χ3n) is 2.10. The lowest BCUT2D eigenvalue weighted by Gasteiger charge is -2.00. The zero-order valence-electron chi connectivity index (χ0n) is 9.42. The Kier molecular flexibility index (Phi) is 5.06. The van der Waals surface area contributed by atoms with Crippen LogP contribution in [0.4, 0.5) is 0 Å². The number of aromatic amines is 1. The van der Waals surface area contributed by atoms with E-state index in [-0.39, 0.29) is 11.7 Å². The maximum absolute atomic E-state index is 11.5. The van der Waals surface area contributed by atoms with Crippen molar-refractivity contribution in [3.05, 3.63) is 11.6 Å². The third kappa shape index (κ3) is 3.73. The van der Waals surface area contributed by atoms with Gasteiger partial charge in [-0.1, -0.05) is 6.92 Å². The molecule has 1 rings (SSSR count). The Balaban J connectivity index is 2.27. The van der Waals surface area contributed by atoms with Crippen molar-refractivity contribution >= 4 is 5.91 Å². The van der Waals surface area contributed by atoms with Crippen LogP contribution in [0.1, 0.15) is 42.6 Å². The second kappa shape index (κ2) is 6.62. The Bertz CT molecular complexity index is 378. The van der Waals surface area contributed by atoms with Crippen LogP contribution in [-0.4, -0.2) is 27.6 Å². The standard InChI is InChI=1S/C11H16N4O/c1-3-5-6-7-8-12-11(16)10-13-9(4-2)14-15-10/h1H,4-8H2,2H3,(H,12,16)(H,13,14,15). The molecular formula is C11H16N4O. The van der Waals surface area contributed by atoms with E-state index >= 15 is 0 Å². The van der Waals surface area contributed by atoms with E-state index in [2.05, 4.69) is 26.4 Å². The number of amides is 1. The normalized spacial score (nSPS) is 9.75.